The first-order valence-electron chi connectivity index (χ1n) is 9.17. The third-order valence-corrected chi connectivity index (χ3v) is 5.49. The van der Waals surface area contributed by atoms with E-state index in [9.17, 15) is 4.79 Å². The number of amides is 1. The van der Waals surface area contributed by atoms with Crippen LogP contribution in [0.25, 0.3) is 0 Å². The van der Waals surface area contributed by atoms with Crippen LogP contribution in [0.15, 0.2) is 40.7 Å². The van der Waals surface area contributed by atoms with Crippen molar-refractivity contribution in [3.63, 3.8) is 0 Å². The fourth-order valence-electron chi connectivity index (χ4n) is 3.02. The van der Waals surface area contributed by atoms with Gasteiger partial charge in [-0.1, -0.05) is 12.1 Å². The number of nitrogens with zero attached hydrogens (tertiary/aromatic N) is 2. The van der Waals surface area contributed by atoms with Crippen LogP contribution in [0.4, 0.5) is 0 Å². The highest BCUT2D eigenvalue weighted by molar-refractivity contribution is 7.10. The first-order chi connectivity index (χ1) is 13.2. The lowest BCUT2D eigenvalue weighted by Gasteiger charge is -2.27. The molecule has 0 fully saturated rings. The van der Waals surface area contributed by atoms with Crippen LogP contribution in [0.5, 0.6) is 5.75 Å². The van der Waals surface area contributed by atoms with Crippen molar-refractivity contribution >= 4 is 23.2 Å². The van der Waals surface area contributed by atoms with E-state index in [4.69, 9.17) is 4.74 Å². The molecule has 27 heavy (non-hydrogen) atoms. The van der Waals surface area contributed by atoms with Gasteiger partial charge in [0.05, 0.1) is 20.2 Å². The SMILES string of the molecule is CCNC(=NCc1cccc(OC)c1)NCC(=O)N1CCc2sccc2C1. The number of carbonyl (C=O) groups excluding carboxylic acids is 1. The summed E-state index contributed by atoms with van der Waals surface area (Å²) in [7, 11) is 1.65. The molecule has 0 atom stereocenters. The maximum absolute atomic E-state index is 12.6. The summed E-state index contributed by atoms with van der Waals surface area (Å²) in [5.74, 6) is 1.55. The summed E-state index contributed by atoms with van der Waals surface area (Å²) in [5.41, 5.74) is 2.33. The second-order valence-corrected chi connectivity index (χ2v) is 7.34. The molecule has 1 aromatic carbocycles. The fraction of sp³-hybridized carbons (Fsp3) is 0.400. The van der Waals surface area contributed by atoms with Crippen molar-refractivity contribution in [1.82, 2.24) is 15.5 Å². The van der Waals surface area contributed by atoms with Crippen LogP contribution in [0.3, 0.4) is 0 Å². The molecule has 2 N–H and O–H groups in total. The van der Waals surface area contributed by atoms with E-state index in [0.29, 0.717) is 19.0 Å². The number of hydrogen-bond donors (Lipinski definition) is 2. The zero-order chi connectivity index (χ0) is 19.1. The van der Waals surface area contributed by atoms with Gasteiger partial charge < -0.3 is 20.3 Å². The van der Waals surface area contributed by atoms with Gasteiger partial charge in [0.25, 0.3) is 0 Å². The molecule has 0 saturated carbocycles. The molecule has 6 nitrogen and oxygen atoms in total. The molecular weight excluding hydrogens is 360 g/mol. The summed E-state index contributed by atoms with van der Waals surface area (Å²) in [5, 5.41) is 8.45. The molecule has 0 unspecified atom stereocenters. The molecule has 1 aliphatic rings. The average Bonchev–Trinajstić information content (AvgIpc) is 3.17. The Morgan fingerprint density at radius 3 is 3.04 bits per heavy atom. The number of thiophene rings is 1. The van der Waals surface area contributed by atoms with Gasteiger partial charge in [-0.25, -0.2) is 4.99 Å². The predicted octanol–water partition coefficient (Wildman–Crippen LogP) is 2.40. The summed E-state index contributed by atoms with van der Waals surface area (Å²) in [6, 6.07) is 9.94. The lowest BCUT2D eigenvalue weighted by molar-refractivity contribution is -0.130. The third kappa shape index (κ3) is 5.23. The first-order valence-corrected chi connectivity index (χ1v) is 10.1. The zero-order valence-electron chi connectivity index (χ0n) is 15.8. The molecule has 3 rings (SSSR count). The highest BCUT2D eigenvalue weighted by Gasteiger charge is 2.21. The van der Waals surface area contributed by atoms with Gasteiger partial charge in [0.2, 0.25) is 5.91 Å². The minimum Gasteiger partial charge on any atom is -0.497 e. The monoisotopic (exact) mass is 386 g/mol. The maximum atomic E-state index is 12.6. The van der Waals surface area contributed by atoms with E-state index in [-0.39, 0.29) is 12.5 Å². The van der Waals surface area contributed by atoms with Crippen LogP contribution in [0.1, 0.15) is 22.9 Å². The van der Waals surface area contributed by atoms with Gasteiger partial charge in [-0.3, -0.25) is 4.79 Å². The van der Waals surface area contributed by atoms with Crippen LogP contribution < -0.4 is 15.4 Å². The highest BCUT2D eigenvalue weighted by atomic mass is 32.1. The van der Waals surface area contributed by atoms with Crippen molar-refractivity contribution in [3.8, 4) is 5.75 Å². The van der Waals surface area contributed by atoms with Crippen LogP contribution in [0.2, 0.25) is 0 Å². The predicted molar refractivity (Wildman–Crippen MR) is 109 cm³/mol. The summed E-state index contributed by atoms with van der Waals surface area (Å²) in [4.78, 5) is 20.5. The van der Waals surface area contributed by atoms with Crippen molar-refractivity contribution in [3.05, 3.63) is 51.7 Å². The van der Waals surface area contributed by atoms with Gasteiger partial charge in [-0.05, 0) is 48.1 Å². The maximum Gasteiger partial charge on any atom is 0.242 e. The summed E-state index contributed by atoms with van der Waals surface area (Å²) in [6.45, 7) is 4.99. The normalized spacial score (nSPS) is 13.9. The van der Waals surface area contributed by atoms with Crippen molar-refractivity contribution in [2.45, 2.75) is 26.4 Å². The van der Waals surface area contributed by atoms with Gasteiger partial charge in [-0.15, -0.1) is 11.3 Å². The van der Waals surface area contributed by atoms with E-state index >= 15 is 0 Å². The first kappa shape index (κ1) is 19.2. The molecule has 1 amide bonds. The molecule has 0 bridgehead atoms. The quantitative estimate of drug-likeness (QED) is 0.591. The Hall–Kier alpha value is -2.54. The van der Waals surface area contributed by atoms with Crippen molar-refractivity contribution < 1.29 is 9.53 Å². The van der Waals surface area contributed by atoms with Gasteiger partial charge in [0, 0.05) is 24.5 Å². The number of benzene rings is 1. The van der Waals surface area contributed by atoms with Gasteiger partial charge in [0.1, 0.15) is 5.75 Å². The lowest BCUT2D eigenvalue weighted by Crippen LogP contribution is -2.45. The van der Waals surface area contributed by atoms with E-state index < -0.39 is 0 Å². The molecule has 144 valence electrons. The fourth-order valence-corrected chi connectivity index (χ4v) is 3.91. The van der Waals surface area contributed by atoms with E-state index in [1.165, 1.54) is 10.4 Å². The number of ether oxygens (including phenoxy) is 1. The Kier molecular flexibility index (Phi) is 6.70. The van der Waals surface area contributed by atoms with Crippen molar-refractivity contribution in [2.24, 2.45) is 4.99 Å². The third-order valence-electron chi connectivity index (χ3n) is 4.47. The number of fused-ring (bicyclic) bond motifs is 1. The minimum atomic E-state index is 0.0961. The number of carbonyl (C=O) groups is 1. The Morgan fingerprint density at radius 1 is 1.33 bits per heavy atom. The molecule has 2 heterocycles. The molecule has 0 saturated heterocycles. The standard InChI is InChI=1S/C20H26N4O2S/c1-3-21-20(22-12-15-5-4-6-17(11-15)26-2)23-13-19(25)24-9-7-18-16(14-24)8-10-27-18/h4-6,8,10-11H,3,7,9,12-14H2,1-2H3,(H2,21,22,23). The van der Waals surface area contributed by atoms with Crippen molar-refractivity contribution in [2.75, 3.05) is 26.7 Å². The Morgan fingerprint density at radius 2 is 2.22 bits per heavy atom. The largest absolute Gasteiger partial charge is 0.497 e. The topological polar surface area (TPSA) is 66.0 Å². The number of nitrogens with one attached hydrogen (secondary N) is 2. The molecule has 0 aliphatic carbocycles. The average molecular weight is 387 g/mol. The number of methoxy groups -OCH3 is 1. The number of guanidine groups is 1. The van der Waals surface area contributed by atoms with Crippen LogP contribution >= 0.6 is 11.3 Å². The van der Waals surface area contributed by atoms with E-state index in [1.807, 2.05) is 36.1 Å². The van der Waals surface area contributed by atoms with Crippen molar-refractivity contribution in [1.29, 1.82) is 0 Å². The Balaban J connectivity index is 1.55. The summed E-state index contributed by atoms with van der Waals surface area (Å²) < 4.78 is 5.25. The lowest BCUT2D eigenvalue weighted by atomic mass is 10.1. The highest BCUT2D eigenvalue weighted by Crippen LogP contribution is 2.23. The van der Waals surface area contributed by atoms with E-state index in [0.717, 1.165) is 30.8 Å². The molecule has 0 radical (unpaired) electrons. The van der Waals surface area contributed by atoms with E-state index in [2.05, 4.69) is 27.1 Å². The van der Waals surface area contributed by atoms with Crippen LogP contribution in [0, 0.1) is 0 Å². The molecule has 7 heteroatoms. The zero-order valence-corrected chi connectivity index (χ0v) is 16.6. The van der Waals surface area contributed by atoms with Crippen LogP contribution in [-0.4, -0.2) is 43.5 Å². The number of rotatable bonds is 6. The Bertz CT molecular complexity index is 803. The van der Waals surface area contributed by atoms with Crippen LogP contribution in [-0.2, 0) is 24.3 Å². The molecular formula is C20H26N4O2S. The molecule has 0 spiro atoms. The number of hydrogen-bond acceptors (Lipinski definition) is 4. The Labute approximate surface area is 164 Å². The van der Waals surface area contributed by atoms with Gasteiger partial charge in [0.15, 0.2) is 5.96 Å². The second-order valence-electron chi connectivity index (χ2n) is 6.33. The molecule has 1 aromatic heterocycles. The number of aliphatic imine (C=N–C) groups is 1. The summed E-state index contributed by atoms with van der Waals surface area (Å²) in [6.07, 6.45) is 0.947. The smallest absolute Gasteiger partial charge is 0.242 e. The summed E-state index contributed by atoms with van der Waals surface area (Å²) >= 11 is 1.78. The van der Waals surface area contributed by atoms with Gasteiger partial charge in [-0.2, -0.15) is 0 Å². The van der Waals surface area contributed by atoms with Gasteiger partial charge >= 0.3 is 0 Å². The molecule has 2 aromatic rings. The van der Waals surface area contributed by atoms with E-state index in [1.54, 1.807) is 18.4 Å². The minimum absolute atomic E-state index is 0.0961. The second kappa shape index (κ2) is 9.41. The molecule has 1 aliphatic heterocycles.